The number of ether oxygens (including phenoxy) is 4. The van der Waals surface area contributed by atoms with Crippen LogP contribution in [0.25, 0.3) is 0 Å². The van der Waals surface area contributed by atoms with E-state index in [2.05, 4.69) is 0 Å². The maximum atomic E-state index is 12.6. The predicted molar refractivity (Wildman–Crippen MR) is 87.2 cm³/mol. The minimum atomic E-state index is -0.923. The van der Waals surface area contributed by atoms with Crippen molar-refractivity contribution in [3.05, 3.63) is 35.4 Å². The van der Waals surface area contributed by atoms with Crippen LogP contribution in [0.1, 0.15) is 15.9 Å². The molecule has 2 aromatic rings. The third kappa shape index (κ3) is 4.05. The minimum absolute atomic E-state index is 0. The van der Waals surface area contributed by atoms with Crippen LogP contribution in [0, 0.1) is 0 Å². The summed E-state index contributed by atoms with van der Waals surface area (Å²) in [6.45, 7) is 0. The normalized spacial score (nSPS) is 9.76. The number of carbonyl (C=O) groups is 1. The van der Waals surface area contributed by atoms with Crippen LogP contribution in [-0.2, 0) is 0 Å². The van der Waals surface area contributed by atoms with Crippen molar-refractivity contribution in [3.63, 3.8) is 0 Å². The molecule has 0 amide bonds. The van der Waals surface area contributed by atoms with Crippen molar-refractivity contribution in [1.29, 1.82) is 0 Å². The SMILES string of the molecule is COc1ccc(C(=O)c2cc(OC)c(OC)c(OC)c2)c([O-])c1[O-].[Ca+2]. The van der Waals surface area contributed by atoms with Gasteiger partial charge in [-0.25, -0.2) is 0 Å². The van der Waals surface area contributed by atoms with E-state index < -0.39 is 17.3 Å². The molecule has 0 aliphatic carbocycles. The minimum Gasteiger partial charge on any atom is -0.872 e. The summed E-state index contributed by atoms with van der Waals surface area (Å²) >= 11 is 0. The summed E-state index contributed by atoms with van der Waals surface area (Å²) in [7, 11) is 5.53. The average Bonchev–Trinajstić information content (AvgIpc) is 2.61. The number of benzene rings is 2. The van der Waals surface area contributed by atoms with Gasteiger partial charge in [0.15, 0.2) is 17.3 Å². The summed E-state index contributed by atoms with van der Waals surface area (Å²) in [5.41, 5.74) is -0.124. The van der Waals surface area contributed by atoms with E-state index in [1.54, 1.807) is 0 Å². The fourth-order valence-electron chi connectivity index (χ4n) is 2.25. The van der Waals surface area contributed by atoms with Gasteiger partial charge in [0.25, 0.3) is 0 Å². The zero-order valence-corrected chi connectivity index (χ0v) is 16.6. The summed E-state index contributed by atoms with van der Waals surface area (Å²) in [5.74, 6) is -1.67. The Hall–Kier alpha value is -1.83. The van der Waals surface area contributed by atoms with Crippen molar-refractivity contribution in [2.75, 3.05) is 28.4 Å². The molecule has 0 unspecified atom stereocenters. The number of methoxy groups -OCH3 is 4. The molecule has 0 radical (unpaired) electrons. The largest absolute Gasteiger partial charge is 2.00 e. The van der Waals surface area contributed by atoms with Gasteiger partial charge >= 0.3 is 37.7 Å². The molecule has 0 aliphatic heterocycles. The molecular weight excluding hydrogens is 356 g/mol. The molecule has 0 saturated heterocycles. The molecule has 0 spiro atoms. The summed E-state index contributed by atoms with van der Waals surface area (Å²) in [4.78, 5) is 12.6. The summed E-state index contributed by atoms with van der Waals surface area (Å²) in [5, 5.41) is 23.9. The van der Waals surface area contributed by atoms with Gasteiger partial charge in [0.2, 0.25) is 5.75 Å². The first-order valence-corrected chi connectivity index (χ1v) is 6.88. The Morgan fingerprint density at radius 3 is 1.76 bits per heavy atom. The monoisotopic (exact) mass is 372 g/mol. The summed E-state index contributed by atoms with van der Waals surface area (Å²) in [6, 6.07) is 5.37. The van der Waals surface area contributed by atoms with E-state index in [0.717, 1.165) is 0 Å². The molecule has 7 nitrogen and oxygen atoms in total. The van der Waals surface area contributed by atoms with Gasteiger partial charge in [0.1, 0.15) is 5.75 Å². The van der Waals surface area contributed by atoms with E-state index in [9.17, 15) is 15.0 Å². The molecule has 128 valence electrons. The molecule has 0 fully saturated rings. The first-order chi connectivity index (χ1) is 11.5. The average molecular weight is 372 g/mol. The van der Waals surface area contributed by atoms with Crippen LogP contribution in [0.4, 0.5) is 0 Å². The number of carbonyl (C=O) groups excluding carboxylic acids is 1. The number of hydrogen-bond acceptors (Lipinski definition) is 7. The standard InChI is InChI=1S/C17H18O7.Ca/c1-21-11-6-5-10(15(19)16(11)20)14(18)9-7-12(22-2)17(24-4)13(8-9)23-3;/h5-8,19-20H,1-4H3;/q;+2/p-2. The molecular formula is C17H16CaO7. The fraction of sp³-hybridized carbons (Fsp3) is 0.235. The molecule has 0 N–H and O–H groups in total. The van der Waals surface area contributed by atoms with Crippen LogP contribution in [0.5, 0.6) is 34.5 Å². The summed E-state index contributed by atoms with van der Waals surface area (Å²) < 4.78 is 20.3. The van der Waals surface area contributed by atoms with E-state index in [1.807, 2.05) is 0 Å². The van der Waals surface area contributed by atoms with Crippen LogP contribution in [-0.4, -0.2) is 72.0 Å². The topological polar surface area (TPSA) is 100 Å². The molecule has 0 aliphatic rings. The maximum Gasteiger partial charge on any atom is 2.00 e. The van der Waals surface area contributed by atoms with Gasteiger partial charge in [0.05, 0.1) is 28.4 Å². The molecule has 2 rings (SSSR count). The van der Waals surface area contributed by atoms with Crippen LogP contribution in [0.15, 0.2) is 24.3 Å². The number of ketones is 1. The van der Waals surface area contributed by atoms with Crippen molar-refractivity contribution >= 4 is 43.5 Å². The van der Waals surface area contributed by atoms with Crippen LogP contribution in [0.3, 0.4) is 0 Å². The van der Waals surface area contributed by atoms with Crippen molar-refractivity contribution < 1.29 is 34.0 Å². The van der Waals surface area contributed by atoms with E-state index >= 15 is 0 Å². The first-order valence-electron chi connectivity index (χ1n) is 6.88. The summed E-state index contributed by atoms with van der Waals surface area (Å²) in [6.07, 6.45) is 0. The van der Waals surface area contributed by atoms with Crippen molar-refractivity contribution in [2.45, 2.75) is 0 Å². The van der Waals surface area contributed by atoms with Gasteiger partial charge in [-0.3, -0.25) is 4.79 Å². The van der Waals surface area contributed by atoms with Crippen LogP contribution < -0.4 is 29.2 Å². The maximum absolute atomic E-state index is 12.6. The molecule has 2 aromatic carbocycles. The molecule has 0 atom stereocenters. The molecule has 0 saturated carbocycles. The third-order valence-corrected chi connectivity index (χ3v) is 3.47. The fourth-order valence-corrected chi connectivity index (χ4v) is 2.25. The first kappa shape index (κ1) is 21.2. The zero-order valence-electron chi connectivity index (χ0n) is 14.4. The van der Waals surface area contributed by atoms with Crippen LogP contribution in [0.2, 0.25) is 0 Å². The molecule has 0 bridgehead atoms. The van der Waals surface area contributed by atoms with E-state index in [0.29, 0.717) is 5.75 Å². The zero-order chi connectivity index (χ0) is 17.9. The van der Waals surface area contributed by atoms with Crippen molar-refractivity contribution in [3.8, 4) is 34.5 Å². The van der Waals surface area contributed by atoms with Crippen molar-refractivity contribution in [2.24, 2.45) is 0 Å². The van der Waals surface area contributed by atoms with E-state index in [1.165, 1.54) is 52.7 Å². The Morgan fingerprint density at radius 1 is 0.800 bits per heavy atom. The van der Waals surface area contributed by atoms with Gasteiger partial charge in [-0.05, 0) is 24.3 Å². The Morgan fingerprint density at radius 2 is 1.32 bits per heavy atom. The Labute approximate surface area is 175 Å². The van der Waals surface area contributed by atoms with Gasteiger partial charge < -0.3 is 29.2 Å². The van der Waals surface area contributed by atoms with E-state index in [-0.39, 0.29) is 66.1 Å². The Balaban J connectivity index is 0.00000312. The molecule has 8 heteroatoms. The molecule has 25 heavy (non-hydrogen) atoms. The van der Waals surface area contributed by atoms with Gasteiger partial charge in [-0.15, -0.1) is 5.75 Å². The third-order valence-electron chi connectivity index (χ3n) is 3.47. The second kappa shape index (κ2) is 9.03. The van der Waals surface area contributed by atoms with Gasteiger partial charge in [-0.2, -0.15) is 0 Å². The molecule has 0 aromatic heterocycles. The van der Waals surface area contributed by atoms with Crippen molar-refractivity contribution in [1.82, 2.24) is 0 Å². The smallest absolute Gasteiger partial charge is 0.872 e. The second-order valence-electron chi connectivity index (χ2n) is 4.72. The van der Waals surface area contributed by atoms with Crippen LogP contribution >= 0.6 is 0 Å². The number of hydrogen-bond donors (Lipinski definition) is 0. The second-order valence-corrected chi connectivity index (χ2v) is 4.72. The van der Waals surface area contributed by atoms with Gasteiger partial charge in [0, 0.05) is 11.1 Å². The predicted octanol–water partition coefficient (Wildman–Crippen LogP) is 0.718. The van der Waals surface area contributed by atoms with Gasteiger partial charge in [-0.1, -0.05) is 5.75 Å². The molecule has 0 heterocycles. The Bertz CT molecular complexity index is 749. The Kier molecular flexibility index (Phi) is 7.66. The van der Waals surface area contributed by atoms with E-state index in [4.69, 9.17) is 18.9 Å². The quantitative estimate of drug-likeness (QED) is 0.544. The number of rotatable bonds is 6.